The number of para-hydroxylation sites is 1. The summed E-state index contributed by atoms with van der Waals surface area (Å²) in [5.74, 6) is 1.37. The fraction of sp³-hybridized carbons (Fsp3) is 0.379. The molecule has 0 amide bonds. The molecule has 6 rings (SSSR count). The molecule has 2 unspecified atom stereocenters. The van der Waals surface area contributed by atoms with Gasteiger partial charge in [0, 0.05) is 60.5 Å². The molecule has 0 radical (unpaired) electrons. The fourth-order valence-corrected chi connectivity index (χ4v) is 5.81. The average Bonchev–Trinajstić information content (AvgIpc) is 3.25. The van der Waals surface area contributed by atoms with Gasteiger partial charge in [0.15, 0.2) is 0 Å². The average molecular weight is 534 g/mol. The number of aryl methyl sites for hydroxylation is 2. The molecule has 8 nitrogen and oxygen atoms in total. The van der Waals surface area contributed by atoms with E-state index in [1.165, 1.54) is 0 Å². The number of piperidine rings is 1. The number of anilines is 1. The van der Waals surface area contributed by atoms with Crippen molar-refractivity contribution in [2.24, 2.45) is 17.8 Å². The molecule has 1 aromatic carbocycles. The predicted molar refractivity (Wildman–Crippen MR) is 141 cm³/mol. The van der Waals surface area contributed by atoms with Crippen molar-refractivity contribution in [3.8, 4) is 16.9 Å². The van der Waals surface area contributed by atoms with Crippen molar-refractivity contribution in [2.45, 2.75) is 33.8 Å². The molecule has 2 fully saturated rings. The van der Waals surface area contributed by atoms with Crippen LogP contribution in [0.15, 0.2) is 48.9 Å². The third kappa shape index (κ3) is 4.68. The van der Waals surface area contributed by atoms with Gasteiger partial charge in [-0.05, 0) is 50.3 Å². The largest absolute Gasteiger partial charge is 0.466 e. The van der Waals surface area contributed by atoms with Gasteiger partial charge in [-0.1, -0.05) is 18.2 Å². The highest BCUT2D eigenvalue weighted by atomic mass is 19.3. The van der Waals surface area contributed by atoms with Gasteiger partial charge in [-0.15, -0.1) is 0 Å². The molecule has 3 aromatic heterocycles. The van der Waals surface area contributed by atoms with Gasteiger partial charge >= 0.3 is 12.6 Å². The number of fused-ring (bicyclic) bond motifs is 2. The number of hydrogen-bond acceptors (Lipinski definition) is 7. The number of esters is 1. The predicted octanol–water partition coefficient (Wildman–Crippen LogP) is 4.85. The summed E-state index contributed by atoms with van der Waals surface area (Å²) >= 11 is 0. The molecule has 0 spiro atoms. The van der Waals surface area contributed by atoms with Crippen molar-refractivity contribution in [3.05, 3.63) is 71.4 Å². The van der Waals surface area contributed by atoms with E-state index in [4.69, 9.17) is 14.5 Å². The van der Waals surface area contributed by atoms with Gasteiger partial charge in [-0.25, -0.2) is 15.0 Å². The molecule has 2 aliphatic rings. The SMILES string of the molecule is CCOC(=O)C1C2CN(c3ncc(-c4cn5c(Cc6ccccc6OC(F)F)c(C)nc5cc4C)cn3)CC21. The zero-order chi connectivity index (χ0) is 27.3. The molecular weight excluding hydrogens is 504 g/mol. The van der Waals surface area contributed by atoms with Crippen molar-refractivity contribution in [1.82, 2.24) is 19.4 Å². The minimum atomic E-state index is -2.89. The summed E-state index contributed by atoms with van der Waals surface area (Å²) in [6.45, 7) is 4.80. The van der Waals surface area contributed by atoms with Crippen molar-refractivity contribution in [1.29, 1.82) is 0 Å². The Morgan fingerprint density at radius 2 is 1.85 bits per heavy atom. The van der Waals surface area contributed by atoms with E-state index < -0.39 is 6.61 Å². The molecule has 0 N–H and O–H groups in total. The molecule has 39 heavy (non-hydrogen) atoms. The number of nitrogens with zero attached hydrogens (tertiary/aromatic N) is 5. The van der Waals surface area contributed by atoms with Crippen molar-refractivity contribution in [3.63, 3.8) is 0 Å². The number of rotatable bonds is 8. The van der Waals surface area contributed by atoms with Gasteiger partial charge < -0.3 is 18.8 Å². The summed E-state index contributed by atoms with van der Waals surface area (Å²) in [5.41, 5.74) is 5.99. The lowest BCUT2D eigenvalue weighted by molar-refractivity contribution is -0.145. The van der Waals surface area contributed by atoms with Crippen LogP contribution in [-0.4, -0.2) is 51.6 Å². The normalized spacial score (nSPS) is 19.9. The molecule has 1 saturated carbocycles. The van der Waals surface area contributed by atoms with Crippen molar-refractivity contribution < 1.29 is 23.0 Å². The third-order valence-corrected chi connectivity index (χ3v) is 7.80. The smallest absolute Gasteiger partial charge is 0.387 e. The standard InChI is InChI=1S/C29H29F2N5O3/c1-4-38-27(37)26-21-13-35(14-22(21)26)29-32-11-19(12-33-29)20-15-36-23(17(3)34-25(36)9-16(20)2)10-18-7-5-6-8-24(18)39-28(30)31/h5-9,11-12,15,21-22,26,28H,4,10,13-14H2,1-3H3. The first-order valence-electron chi connectivity index (χ1n) is 13.1. The molecule has 202 valence electrons. The molecular formula is C29H29F2N5O3. The van der Waals surface area contributed by atoms with Gasteiger partial charge in [-0.2, -0.15) is 8.78 Å². The zero-order valence-electron chi connectivity index (χ0n) is 22.0. The monoisotopic (exact) mass is 533 g/mol. The lowest BCUT2D eigenvalue weighted by Crippen LogP contribution is -2.28. The maximum Gasteiger partial charge on any atom is 0.387 e. The van der Waals surface area contributed by atoms with Gasteiger partial charge in [0.05, 0.1) is 18.2 Å². The Labute approximate surface area is 224 Å². The summed E-state index contributed by atoms with van der Waals surface area (Å²) < 4.78 is 37.8. The van der Waals surface area contributed by atoms with E-state index in [2.05, 4.69) is 14.9 Å². The van der Waals surface area contributed by atoms with Crippen LogP contribution in [0, 0.1) is 31.6 Å². The Hall–Kier alpha value is -4.08. The minimum Gasteiger partial charge on any atom is -0.466 e. The molecule has 2 atom stereocenters. The lowest BCUT2D eigenvalue weighted by atomic mass is 10.1. The maximum atomic E-state index is 12.9. The zero-order valence-corrected chi connectivity index (χ0v) is 22.0. The number of halogens is 2. The van der Waals surface area contributed by atoms with E-state index in [-0.39, 0.29) is 17.6 Å². The minimum absolute atomic E-state index is 0.0107. The molecule has 4 heterocycles. The van der Waals surface area contributed by atoms with Gasteiger partial charge in [-0.3, -0.25) is 4.79 Å². The van der Waals surface area contributed by atoms with E-state index in [1.807, 2.05) is 55.9 Å². The summed E-state index contributed by atoms with van der Waals surface area (Å²) in [6, 6.07) is 8.83. The van der Waals surface area contributed by atoms with Crippen LogP contribution in [0.1, 0.15) is 29.4 Å². The molecule has 10 heteroatoms. The number of carbonyl (C=O) groups is 1. The summed E-state index contributed by atoms with van der Waals surface area (Å²) in [6.07, 6.45) is 6.03. The van der Waals surface area contributed by atoms with Crippen molar-refractivity contribution in [2.75, 3.05) is 24.6 Å². The first-order chi connectivity index (χ1) is 18.8. The third-order valence-electron chi connectivity index (χ3n) is 7.80. The molecule has 0 bridgehead atoms. The number of hydrogen-bond donors (Lipinski definition) is 0. The second-order valence-electron chi connectivity index (χ2n) is 10.2. The Morgan fingerprint density at radius 1 is 1.13 bits per heavy atom. The second-order valence-corrected chi connectivity index (χ2v) is 10.2. The first kappa shape index (κ1) is 25.2. The van der Waals surface area contributed by atoms with Gasteiger partial charge in [0.1, 0.15) is 11.4 Å². The Bertz CT molecular complexity index is 1530. The summed E-state index contributed by atoms with van der Waals surface area (Å²) in [4.78, 5) is 28.2. The van der Waals surface area contributed by atoms with Crippen LogP contribution in [0.5, 0.6) is 5.75 Å². The van der Waals surface area contributed by atoms with Crippen LogP contribution < -0.4 is 9.64 Å². The summed E-state index contributed by atoms with van der Waals surface area (Å²) in [5, 5.41) is 0. The molecule has 1 aliphatic heterocycles. The van der Waals surface area contributed by atoms with E-state index in [1.54, 1.807) is 18.2 Å². The fourth-order valence-electron chi connectivity index (χ4n) is 5.81. The lowest BCUT2D eigenvalue weighted by Gasteiger charge is -2.19. The highest BCUT2D eigenvalue weighted by Crippen LogP contribution is 2.52. The number of carbonyl (C=O) groups excluding carboxylic acids is 1. The Balaban J connectivity index is 1.24. The first-order valence-corrected chi connectivity index (χ1v) is 13.1. The highest BCUT2D eigenvalue weighted by molar-refractivity contribution is 5.77. The van der Waals surface area contributed by atoms with E-state index in [0.717, 1.165) is 46.8 Å². The van der Waals surface area contributed by atoms with E-state index in [0.29, 0.717) is 36.4 Å². The molecule has 1 saturated heterocycles. The maximum absolute atomic E-state index is 12.9. The topological polar surface area (TPSA) is 81.9 Å². The number of alkyl halides is 2. The molecule has 4 aromatic rings. The van der Waals surface area contributed by atoms with Crippen LogP contribution in [0.2, 0.25) is 0 Å². The molecule has 1 aliphatic carbocycles. The second kappa shape index (κ2) is 9.91. The number of aromatic nitrogens is 4. The highest BCUT2D eigenvalue weighted by Gasteiger charge is 2.60. The number of imidazole rings is 1. The van der Waals surface area contributed by atoms with Gasteiger partial charge in [0.25, 0.3) is 0 Å². The van der Waals surface area contributed by atoms with E-state index in [9.17, 15) is 13.6 Å². The Kier molecular flexibility index (Phi) is 6.40. The van der Waals surface area contributed by atoms with Crippen LogP contribution in [0.25, 0.3) is 16.8 Å². The Morgan fingerprint density at radius 3 is 2.54 bits per heavy atom. The quantitative estimate of drug-likeness (QED) is 0.300. The van der Waals surface area contributed by atoms with Crippen LogP contribution in [0.4, 0.5) is 14.7 Å². The number of ether oxygens (including phenoxy) is 2. The van der Waals surface area contributed by atoms with E-state index >= 15 is 0 Å². The van der Waals surface area contributed by atoms with Crippen LogP contribution in [0.3, 0.4) is 0 Å². The van der Waals surface area contributed by atoms with Gasteiger partial charge in [0.2, 0.25) is 5.95 Å². The summed E-state index contributed by atoms with van der Waals surface area (Å²) in [7, 11) is 0. The number of benzene rings is 1. The van der Waals surface area contributed by atoms with Crippen molar-refractivity contribution >= 4 is 17.6 Å². The van der Waals surface area contributed by atoms with Crippen LogP contribution >= 0.6 is 0 Å². The van der Waals surface area contributed by atoms with Crippen LogP contribution in [-0.2, 0) is 16.0 Å². The number of pyridine rings is 1.